The Balaban J connectivity index is 1.84. The number of halogens is 1. The second-order valence-electron chi connectivity index (χ2n) is 6.23. The molecule has 1 aromatic carbocycles. The van der Waals surface area contributed by atoms with Crippen LogP contribution in [-0.2, 0) is 0 Å². The van der Waals surface area contributed by atoms with Crippen molar-refractivity contribution in [3.63, 3.8) is 0 Å². The maximum Gasteiger partial charge on any atom is 0.0329 e. The summed E-state index contributed by atoms with van der Waals surface area (Å²) in [7, 11) is 2.07. The van der Waals surface area contributed by atoms with Gasteiger partial charge in [-0.05, 0) is 76.0 Å². The Hall–Kier alpha value is -0.380. The van der Waals surface area contributed by atoms with Crippen LogP contribution in [0, 0.1) is 5.92 Å². The van der Waals surface area contributed by atoms with E-state index in [1.54, 1.807) is 0 Å². The van der Waals surface area contributed by atoms with Gasteiger partial charge in [-0.3, -0.25) is 0 Å². The van der Waals surface area contributed by atoms with Crippen LogP contribution in [-0.4, -0.2) is 31.6 Å². The first kappa shape index (κ1) is 17.0. The minimum Gasteiger partial charge on any atom is -0.313 e. The van der Waals surface area contributed by atoms with Crippen LogP contribution in [0.2, 0.25) is 0 Å². The Morgan fingerprint density at radius 1 is 1.24 bits per heavy atom. The molecule has 3 heteroatoms. The highest BCUT2D eigenvalue weighted by Crippen LogP contribution is 2.23. The summed E-state index contributed by atoms with van der Waals surface area (Å²) in [6, 6.07) is 9.18. The minimum absolute atomic E-state index is 0.461. The summed E-state index contributed by atoms with van der Waals surface area (Å²) in [6.45, 7) is 6.12. The van der Waals surface area contributed by atoms with Gasteiger partial charge in [0.1, 0.15) is 0 Å². The first-order valence-corrected chi connectivity index (χ1v) is 9.17. The zero-order valence-electron chi connectivity index (χ0n) is 13.4. The highest BCUT2D eigenvalue weighted by atomic mass is 79.9. The molecule has 0 bridgehead atoms. The predicted octanol–water partition coefficient (Wildman–Crippen LogP) is 4.61. The lowest BCUT2D eigenvalue weighted by Gasteiger charge is -2.24. The highest BCUT2D eigenvalue weighted by Gasteiger charge is 2.17. The molecule has 0 saturated carbocycles. The van der Waals surface area contributed by atoms with Gasteiger partial charge < -0.3 is 10.2 Å². The Bertz CT molecular complexity index is 404. The molecule has 0 amide bonds. The summed E-state index contributed by atoms with van der Waals surface area (Å²) in [5.74, 6) is 0.960. The second kappa shape index (κ2) is 8.92. The van der Waals surface area contributed by atoms with Crippen LogP contribution in [0.25, 0.3) is 0 Å². The van der Waals surface area contributed by atoms with Crippen molar-refractivity contribution < 1.29 is 0 Å². The summed E-state index contributed by atoms with van der Waals surface area (Å²) in [4.78, 5) is 2.67. The zero-order chi connectivity index (χ0) is 15.1. The minimum atomic E-state index is 0.461. The van der Waals surface area contributed by atoms with Crippen LogP contribution >= 0.6 is 15.9 Å². The van der Waals surface area contributed by atoms with E-state index in [0.717, 1.165) is 10.4 Å². The summed E-state index contributed by atoms with van der Waals surface area (Å²) < 4.78 is 1.15. The van der Waals surface area contributed by atoms with Gasteiger partial charge in [0, 0.05) is 10.5 Å². The van der Waals surface area contributed by atoms with E-state index >= 15 is 0 Å². The first-order valence-electron chi connectivity index (χ1n) is 8.38. The van der Waals surface area contributed by atoms with E-state index in [1.165, 1.54) is 57.3 Å². The van der Waals surface area contributed by atoms with Gasteiger partial charge in [-0.15, -0.1) is 0 Å². The summed E-state index contributed by atoms with van der Waals surface area (Å²) in [6.07, 6.45) is 6.73. The zero-order valence-corrected chi connectivity index (χ0v) is 15.0. The SMILES string of the molecule is CCC1CCCN(CCC(NC)c2ccc(Br)cc2)CC1. The predicted molar refractivity (Wildman–Crippen MR) is 94.6 cm³/mol. The number of likely N-dealkylation sites (tertiary alicyclic amines) is 1. The molecular weight excluding hydrogens is 324 g/mol. The summed E-state index contributed by atoms with van der Waals surface area (Å²) in [5, 5.41) is 3.47. The fourth-order valence-corrected chi connectivity index (χ4v) is 3.61. The van der Waals surface area contributed by atoms with Crippen LogP contribution in [0.5, 0.6) is 0 Å². The summed E-state index contributed by atoms with van der Waals surface area (Å²) in [5.41, 5.74) is 1.39. The Labute approximate surface area is 138 Å². The van der Waals surface area contributed by atoms with E-state index in [1.807, 2.05) is 0 Å². The van der Waals surface area contributed by atoms with E-state index in [4.69, 9.17) is 0 Å². The molecule has 118 valence electrons. The smallest absolute Gasteiger partial charge is 0.0329 e. The molecule has 1 aliphatic rings. The lowest BCUT2D eigenvalue weighted by atomic mass is 9.98. The van der Waals surface area contributed by atoms with E-state index in [0.29, 0.717) is 6.04 Å². The van der Waals surface area contributed by atoms with Gasteiger partial charge in [-0.1, -0.05) is 41.4 Å². The molecule has 1 saturated heterocycles. The van der Waals surface area contributed by atoms with Crippen molar-refractivity contribution in [2.45, 2.75) is 45.1 Å². The molecule has 2 nitrogen and oxygen atoms in total. The third-order valence-corrected chi connectivity index (χ3v) is 5.40. The van der Waals surface area contributed by atoms with Crippen LogP contribution in [0.3, 0.4) is 0 Å². The molecule has 0 aromatic heterocycles. The van der Waals surface area contributed by atoms with Crippen LogP contribution in [0.1, 0.15) is 50.6 Å². The molecule has 0 radical (unpaired) electrons. The molecule has 0 aliphatic carbocycles. The molecule has 2 atom stereocenters. The van der Waals surface area contributed by atoms with Crippen molar-refractivity contribution in [1.82, 2.24) is 10.2 Å². The van der Waals surface area contributed by atoms with E-state index < -0.39 is 0 Å². The third-order valence-electron chi connectivity index (χ3n) is 4.87. The Morgan fingerprint density at radius 2 is 2.00 bits per heavy atom. The molecule has 1 aromatic rings. The second-order valence-corrected chi connectivity index (χ2v) is 7.14. The van der Waals surface area contributed by atoms with Gasteiger partial charge in [-0.2, -0.15) is 0 Å². The normalized spacial score (nSPS) is 22.0. The number of nitrogens with zero attached hydrogens (tertiary/aromatic N) is 1. The topological polar surface area (TPSA) is 15.3 Å². The quantitative estimate of drug-likeness (QED) is 0.803. The first-order chi connectivity index (χ1) is 10.2. The Morgan fingerprint density at radius 3 is 2.67 bits per heavy atom. The van der Waals surface area contributed by atoms with Gasteiger partial charge in [-0.25, -0.2) is 0 Å². The van der Waals surface area contributed by atoms with Gasteiger partial charge in [0.15, 0.2) is 0 Å². The van der Waals surface area contributed by atoms with Gasteiger partial charge in [0.2, 0.25) is 0 Å². The van der Waals surface area contributed by atoms with Crippen molar-refractivity contribution in [3.8, 4) is 0 Å². The molecule has 21 heavy (non-hydrogen) atoms. The van der Waals surface area contributed by atoms with Crippen LogP contribution in [0.4, 0.5) is 0 Å². The molecule has 0 spiro atoms. The molecule has 1 N–H and O–H groups in total. The number of hydrogen-bond acceptors (Lipinski definition) is 2. The number of rotatable bonds is 6. The molecule has 1 heterocycles. The maximum atomic E-state index is 3.51. The fourth-order valence-electron chi connectivity index (χ4n) is 3.34. The molecular formula is C18H29BrN2. The van der Waals surface area contributed by atoms with E-state index in [9.17, 15) is 0 Å². The number of nitrogens with one attached hydrogen (secondary N) is 1. The summed E-state index contributed by atoms with van der Waals surface area (Å²) >= 11 is 3.51. The van der Waals surface area contributed by atoms with Crippen molar-refractivity contribution in [2.24, 2.45) is 5.92 Å². The average molecular weight is 353 g/mol. The maximum absolute atomic E-state index is 3.51. The number of hydrogen-bond donors (Lipinski definition) is 1. The average Bonchev–Trinajstić information content (AvgIpc) is 2.74. The van der Waals surface area contributed by atoms with Crippen LogP contribution < -0.4 is 5.32 Å². The third kappa shape index (κ3) is 5.39. The van der Waals surface area contributed by atoms with Gasteiger partial charge in [0.05, 0.1) is 0 Å². The number of benzene rings is 1. The molecule has 2 rings (SSSR count). The lowest BCUT2D eigenvalue weighted by Crippen LogP contribution is -2.29. The Kier molecular flexibility index (Phi) is 7.21. The monoisotopic (exact) mass is 352 g/mol. The van der Waals surface area contributed by atoms with Gasteiger partial charge in [0.25, 0.3) is 0 Å². The molecule has 1 aliphatic heterocycles. The van der Waals surface area contributed by atoms with Crippen molar-refractivity contribution in [2.75, 3.05) is 26.7 Å². The highest BCUT2D eigenvalue weighted by molar-refractivity contribution is 9.10. The van der Waals surface area contributed by atoms with Crippen molar-refractivity contribution >= 4 is 15.9 Å². The lowest BCUT2D eigenvalue weighted by molar-refractivity contribution is 0.264. The van der Waals surface area contributed by atoms with Crippen LogP contribution in [0.15, 0.2) is 28.7 Å². The van der Waals surface area contributed by atoms with E-state index in [-0.39, 0.29) is 0 Å². The largest absolute Gasteiger partial charge is 0.313 e. The standard InChI is InChI=1S/C18H29BrN2/c1-3-15-5-4-12-21(13-10-15)14-11-18(20-2)16-6-8-17(19)9-7-16/h6-9,15,18,20H,3-5,10-14H2,1-2H3. The van der Waals surface area contributed by atoms with Crippen molar-refractivity contribution in [3.05, 3.63) is 34.3 Å². The van der Waals surface area contributed by atoms with Crippen molar-refractivity contribution in [1.29, 1.82) is 0 Å². The molecule has 1 fully saturated rings. The van der Waals surface area contributed by atoms with Gasteiger partial charge >= 0.3 is 0 Å². The van der Waals surface area contributed by atoms with E-state index in [2.05, 4.69) is 64.4 Å². The fraction of sp³-hybridized carbons (Fsp3) is 0.667. The molecule has 2 unspecified atom stereocenters.